The molecule has 0 saturated heterocycles. The van der Waals surface area contributed by atoms with Crippen LogP contribution in [-0.2, 0) is 12.7 Å². The van der Waals surface area contributed by atoms with Gasteiger partial charge in [-0.2, -0.15) is 13.2 Å². The van der Waals surface area contributed by atoms with Crippen LogP contribution in [0.4, 0.5) is 26.7 Å². The minimum atomic E-state index is -4.57. The minimum Gasteiger partial charge on any atom is -0.530 e. The summed E-state index contributed by atoms with van der Waals surface area (Å²) in [5, 5.41) is 12.0. The number of alkyl halides is 3. The second-order valence-electron chi connectivity index (χ2n) is 8.42. The predicted molar refractivity (Wildman–Crippen MR) is 133 cm³/mol. The number of nitrogens with two attached hydrogens (primary N) is 1. The van der Waals surface area contributed by atoms with E-state index in [1.54, 1.807) is 12.1 Å². The average molecular weight is 640 g/mol. The summed E-state index contributed by atoms with van der Waals surface area (Å²) < 4.78 is 79.2. The third-order valence-electron chi connectivity index (χ3n) is 5.66. The van der Waals surface area contributed by atoms with Crippen molar-refractivity contribution in [3.8, 4) is 17.0 Å². The van der Waals surface area contributed by atoms with E-state index in [1.807, 2.05) is 0 Å². The molecule has 41 heavy (non-hydrogen) atoms. The second kappa shape index (κ2) is 11.9. The molecule has 0 radical (unpaired) electrons. The van der Waals surface area contributed by atoms with Crippen LogP contribution in [0.5, 0.6) is 5.75 Å². The first-order chi connectivity index (χ1) is 19.3. The monoisotopic (exact) mass is 639 g/mol. The Morgan fingerprint density at radius 3 is 2.39 bits per heavy atom. The zero-order valence-corrected chi connectivity index (χ0v) is 22.1. The van der Waals surface area contributed by atoms with Gasteiger partial charge in [-0.3, -0.25) is 9.78 Å². The molecule has 4 rings (SSSR count). The van der Waals surface area contributed by atoms with Crippen LogP contribution in [0.1, 0.15) is 33.6 Å². The zero-order valence-electron chi connectivity index (χ0n) is 20.5. The number of carboxylic acid groups (broad SMARTS) is 1. The van der Waals surface area contributed by atoms with Gasteiger partial charge in [0.1, 0.15) is 23.2 Å². The molecule has 0 saturated carbocycles. The lowest BCUT2D eigenvalue weighted by Crippen LogP contribution is -2.43. The number of halogens is 6. The number of hydrogen-bond donors (Lipinski definition) is 1. The van der Waals surface area contributed by atoms with Gasteiger partial charge in [0.05, 0.1) is 24.3 Å². The van der Waals surface area contributed by atoms with Crippen LogP contribution in [0, 0.1) is 11.6 Å². The first kappa shape index (κ1) is 29.5. The van der Waals surface area contributed by atoms with Crippen molar-refractivity contribution in [3.05, 3.63) is 99.8 Å². The molecule has 15 heteroatoms. The van der Waals surface area contributed by atoms with Crippen LogP contribution in [0.15, 0.2) is 69.9 Å². The van der Waals surface area contributed by atoms with E-state index in [1.165, 1.54) is 12.3 Å². The second-order valence-corrected chi connectivity index (χ2v) is 9.14. The van der Waals surface area contributed by atoms with Crippen molar-refractivity contribution in [2.75, 3.05) is 6.54 Å². The molecule has 0 fully saturated rings. The Balaban J connectivity index is 1.74. The maximum absolute atomic E-state index is 15.0. The molecule has 0 bridgehead atoms. The van der Waals surface area contributed by atoms with Crippen LogP contribution in [0.3, 0.4) is 0 Å². The van der Waals surface area contributed by atoms with Crippen LogP contribution >= 0.6 is 15.9 Å². The van der Waals surface area contributed by atoms with Gasteiger partial charge in [-0.05, 0) is 52.3 Å². The van der Waals surface area contributed by atoms with Gasteiger partial charge in [0.15, 0.2) is 22.3 Å². The minimum absolute atomic E-state index is 0.0180. The number of oxazole rings is 1. The molecule has 214 valence electrons. The number of amides is 2. The number of carbonyl (C=O) groups is 2. The smallest absolute Gasteiger partial charge is 0.416 e. The summed E-state index contributed by atoms with van der Waals surface area (Å²) in [5.41, 5.74) is 3.60. The number of benzene rings is 2. The lowest BCUT2D eigenvalue weighted by Gasteiger charge is -2.28. The van der Waals surface area contributed by atoms with Crippen molar-refractivity contribution < 1.29 is 45.8 Å². The van der Waals surface area contributed by atoms with E-state index in [-0.39, 0.29) is 28.4 Å². The van der Waals surface area contributed by atoms with Crippen LogP contribution in [0.25, 0.3) is 11.3 Å². The molecule has 9 nitrogen and oxygen atoms in total. The molecule has 2 N–H and O–H groups in total. The Morgan fingerprint density at radius 1 is 1.10 bits per heavy atom. The molecule has 4 aromatic rings. The fourth-order valence-corrected chi connectivity index (χ4v) is 4.19. The summed E-state index contributed by atoms with van der Waals surface area (Å²) in [7, 11) is 0. The Labute approximate surface area is 236 Å². The molecule has 0 aliphatic heterocycles. The molecule has 2 aromatic carbocycles. The first-order valence-electron chi connectivity index (χ1n) is 11.5. The van der Waals surface area contributed by atoms with Gasteiger partial charge in [-0.1, -0.05) is 18.2 Å². The number of primary amides is 1. The average Bonchev–Trinajstić information content (AvgIpc) is 3.30. The van der Waals surface area contributed by atoms with Gasteiger partial charge >= 0.3 is 6.18 Å². The summed E-state index contributed by atoms with van der Waals surface area (Å²) in [5.74, 6) is -5.17. The van der Waals surface area contributed by atoms with Crippen LogP contribution in [-0.4, -0.2) is 33.4 Å². The first-order valence-corrected chi connectivity index (χ1v) is 12.3. The highest BCUT2D eigenvalue weighted by Crippen LogP contribution is 2.36. The molecule has 2 heterocycles. The number of hydrogen-bond acceptors (Lipinski definition) is 7. The van der Waals surface area contributed by atoms with Crippen LogP contribution in [0.2, 0.25) is 0 Å². The molecule has 0 spiro atoms. The number of ether oxygens (including phenoxy) is 1. The van der Waals surface area contributed by atoms with Gasteiger partial charge in [0.25, 0.3) is 5.91 Å². The molecule has 2 aromatic heterocycles. The van der Waals surface area contributed by atoms with Gasteiger partial charge in [-0.25, -0.2) is 13.8 Å². The van der Waals surface area contributed by atoms with Crippen molar-refractivity contribution >= 4 is 27.9 Å². The molecular formula is C26H17BrF5N4O5-. The highest BCUT2D eigenvalue weighted by molar-refractivity contribution is 9.10. The summed E-state index contributed by atoms with van der Waals surface area (Å²) in [4.78, 5) is 32.6. The Bertz CT molecular complexity index is 1570. The molecule has 0 aliphatic carbocycles. The van der Waals surface area contributed by atoms with E-state index >= 15 is 4.39 Å². The molecule has 1 atom stereocenters. The third kappa shape index (κ3) is 6.80. The van der Waals surface area contributed by atoms with E-state index < -0.39 is 59.3 Å². The number of aromatic nitrogens is 2. The van der Waals surface area contributed by atoms with Gasteiger partial charge in [0, 0.05) is 11.8 Å². The van der Waals surface area contributed by atoms with E-state index in [0.29, 0.717) is 5.69 Å². The molecule has 2 amide bonds. The third-order valence-corrected chi connectivity index (χ3v) is 6.20. The van der Waals surface area contributed by atoms with Gasteiger partial charge < -0.3 is 29.7 Å². The summed E-state index contributed by atoms with van der Waals surface area (Å²) >= 11 is 3.13. The lowest BCUT2D eigenvalue weighted by molar-refractivity contribution is -0.267. The quantitative estimate of drug-likeness (QED) is 0.258. The topological polar surface area (TPSA) is 135 Å². The van der Waals surface area contributed by atoms with Crippen molar-refractivity contribution in [3.63, 3.8) is 0 Å². The number of pyridine rings is 1. The fraction of sp³-hybridized carbons (Fsp3) is 0.154. The normalized spacial score (nSPS) is 12.1. The standard InChI is InChI=1S/C26H18BrF5N4O5/c27-22-21(13-4-6-14(7-5-13)26(30,31)32)35-24(41-22)18(12-36(25(38)39)11-15-3-1-2-10-34-15)40-17-9-8-16(28)19(20(17)29)23(33)37/h1-10,18H,11-12H2,(H2,33,37)(H,38,39)/p-1. The van der Waals surface area contributed by atoms with Crippen LogP contribution < -0.4 is 15.6 Å². The molecule has 1 unspecified atom stereocenters. The summed E-state index contributed by atoms with van der Waals surface area (Å²) in [6, 6.07) is 10.3. The SMILES string of the molecule is NC(=O)c1c(F)ccc(OC(CN(Cc2ccccn2)C(=O)[O-])c2nc(-c3ccc(C(F)(F)F)cc3)c(Br)o2)c1F. The van der Waals surface area contributed by atoms with E-state index in [4.69, 9.17) is 14.9 Å². The Morgan fingerprint density at radius 2 is 1.80 bits per heavy atom. The van der Waals surface area contributed by atoms with Crippen molar-refractivity contribution in [2.45, 2.75) is 18.8 Å². The maximum Gasteiger partial charge on any atom is 0.416 e. The number of nitrogens with zero attached hydrogens (tertiary/aromatic N) is 3. The largest absolute Gasteiger partial charge is 0.530 e. The maximum atomic E-state index is 15.0. The van der Waals surface area contributed by atoms with Gasteiger partial charge in [0.2, 0.25) is 5.89 Å². The summed E-state index contributed by atoms with van der Waals surface area (Å²) in [6.45, 7) is -0.893. The fourth-order valence-electron chi connectivity index (χ4n) is 3.71. The highest BCUT2D eigenvalue weighted by Gasteiger charge is 2.31. The van der Waals surface area contributed by atoms with Gasteiger partial charge in [-0.15, -0.1) is 0 Å². The Kier molecular flexibility index (Phi) is 8.56. The molecular weight excluding hydrogens is 623 g/mol. The lowest BCUT2D eigenvalue weighted by atomic mass is 10.1. The van der Waals surface area contributed by atoms with E-state index in [2.05, 4.69) is 25.9 Å². The van der Waals surface area contributed by atoms with E-state index in [0.717, 1.165) is 41.3 Å². The zero-order chi connectivity index (χ0) is 29.9. The highest BCUT2D eigenvalue weighted by atomic mass is 79.9. The summed E-state index contributed by atoms with van der Waals surface area (Å²) in [6.07, 6.45) is -6.36. The molecule has 0 aliphatic rings. The van der Waals surface area contributed by atoms with Crippen molar-refractivity contribution in [1.29, 1.82) is 0 Å². The van der Waals surface area contributed by atoms with Crippen molar-refractivity contribution in [1.82, 2.24) is 14.9 Å². The number of carbonyl (C=O) groups excluding carboxylic acids is 2. The van der Waals surface area contributed by atoms with Crippen molar-refractivity contribution in [2.24, 2.45) is 5.73 Å². The number of rotatable bonds is 9. The Hall–Kier alpha value is -4.53. The van der Waals surface area contributed by atoms with E-state index in [9.17, 15) is 32.3 Å². The predicted octanol–water partition coefficient (Wildman–Crippen LogP) is 4.86.